The first-order chi connectivity index (χ1) is 14.8. The summed E-state index contributed by atoms with van der Waals surface area (Å²) in [6, 6.07) is 4.62. The lowest BCUT2D eigenvalue weighted by Crippen LogP contribution is -2.17. The summed E-state index contributed by atoms with van der Waals surface area (Å²) in [5.74, 6) is 0.384. The molecule has 0 saturated carbocycles. The molecular formula is C21H22F3N5O2. The fraction of sp³-hybridized carbons (Fsp3) is 0.238. The van der Waals surface area contributed by atoms with Gasteiger partial charge in [-0.25, -0.2) is 0 Å². The van der Waals surface area contributed by atoms with E-state index in [9.17, 15) is 18.0 Å². The SMILES string of the molecule is C=C/C=C(/Nc1ccc(C(F)(F)F)cc1)C(=NC)c1nnco1.C=CC1CCNC1=O. The molecule has 1 aromatic carbocycles. The van der Waals surface area contributed by atoms with Crippen LogP contribution in [0.1, 0.15) is 17.9 Å². The van der Waals surface area contributed by atoms with Crippen molar-refractivity contribution in [2.75, 3.05) is 18.9 Å². The highest BCUT2D eigenvalue weighted by Crippen LogP contribution is 2.30. The number of aromatic nitrogens is 2. The van der Waals surface area contributed by atoms with E-state index in [2.05, 4.69) is 39.0 Å². The number of aliphatic imine (C=N–C) groups is 1. The molecule has 1 fully saturated rings. The van der Waals surface area contributed by atoms with Gasteiger partial charge in [0.2, 0.25) is 12.3 Å². The number of hydrogen-bond donors (Lipinski definition) is 2. The zero-order valence-electron chi connectivity index (χ0n) is 16.8. The van der Waals surface area contributed by atoms with Gasteiger partial charge in [0.15, 0.2) is 0 Å². The predicted octanol–water partition coefficient (Wildman–Crippen LogP) is 4.00. The Bertz CT molecular complexity index is 948. The van der Waals surface area contributed by atoms with Crippen molar-refractivity contribution in [2.45, 2.75) is 12.6 Å². The molecule has 7 nitrogen and oxygen atoms in total. The van der Waals surface area contributed by atoms with Gasteiger partial charge in [0, 0.05) is 19.3 Å². The van der Waals surface area contributed by atoms with Crippen LogP contribution in [0.5, 0.6) is 0 Å². The van der Waals surface area contributed by atoms with Gasteiger partial charge in [0.1, 0.15) is 5.71 Å². The lowest BCUT2D eigenvalue weighted by atomic mass is 10.1. The van der Waals surface area contributed by atoms with Gasteiger partial charge < -0.3 is 15.1 Å². The second-order valence-corrected chi connectivity index (χ2v) is 6.25. The third kappa shape index (κ3) is 6.66. The van der Waals surface area contributed by atoms with Crippen LogP contribution in [0.2, 0.25) is 0 Å². The zero-order valence-corrected chi connectivity index (χ0v) is 16.8. The number of benzene rings is 1. The molecule has 0 radical (unpaired) electrons. The second-order valence-electron chi connectivity index (χ2n) is 6.25. The van der Waals surface area contributed by atoms with E-state index in [1.807, 2.05) is 0 Å². The van der Waals surface area contributed by atoms with Gasteiger partial charge in [-0.1, -0.05) is 18.7 Å². The van der Waals surface area contributed by atoms with Crippen LogP contribution in [0.25, 0.3) is 0 Å². The van der Waals surface area contributed by atoms with Crippen LogP contribution < -0.4 is 10.6 Å². The highest BCUT2D eigenvalue weighted by molar-refractivity contribution is 6.11. The largest absolute Gasteiger partial charge is 0.422 e. The number of anilines is 1. The van der Waals surface area contributed by atoms with Crippen molar-refractivity contribution in [3.8, 4) is 0 Å². The Balaban J connectivity index is 0.000000357. The van der Waals surface area contributed by atoms with Crippen molar-refractivity contribution < 1.29 is 22.4 Å². The average molecular weight is 433 g/mol. The molecular weight excluding hydrogens is 411 g/mol. The van der Waals surface area contributed by atoms with Crippen LogP contribution in [-0.4, -0.2) is 35.4 Å². The summed E-state index contributed by atoms with van der Waals surface area (Å²) in [5.41, 5.74) is 0.555. The summed E-state index contributed by atoms with van der Waals surface area (Å²) < 4.78 is 42.8. The van der Waals surface area contributed by atoms with E-state index in [0.717, 1.165) is 31.5 Å². The Morgan fingerprint density at radius 2 is 2.03 bits per heavy atom. The van der Waals surface area contributed by atoms with Crippen LogP contribution in [0.3, 0.4) is 0 Å². The number of nitrogens with zero attached hydrogens (tertiary/aromatic N) is 3. The standard InChI is InChI=1S/C15H13F3N4O.C6H9NO/c1-3-4-12(13(19-2)14-22-20-9-23-14)21-11-7-5-10(6-8-11)15(16,17)18;1-2-5-3-4-7-6(5)8/h3-9,21H,1H2,2H3;2,5H,1,3-4H2,(H,7,8)/b12-4+,19-13?;. The third-order valence-electron chi connectivity index (χ3n) is 4.19. The maximum absolute atomic E-state index is 12.6. The fourth-order valence-corrected chi connectivity index (χ4v) is 2.64. The van der Waals surface area contributed by atoms with Crippen LogP contribution in [-0.2, 0) is 11.0 Å². The van der Waals surface area contributed by atoms with E-state index in [1.54, 1.807) is 12.2 Å². The number of rotatable bonds is 6. The molecule has 0 bridgehead atoms. The lowest BCUT2D eigenvalue weighted by molar-refractivity contribution is -0.137. The lowest BCUT2D eigenvalue weighted by Gasteiger charge is -2.12. The predicted molar refractivity (Wildman–Crippen MR) is 111 cm³/mol. The number of hydrogen-bond acceptors (Lipinski definition) is 6. The van der Waals surface area contributed by atoms with Gasteiger partial charge >= 0.3 is 6.18 Å². The monoisotopic (exact) mass is 433 g/mol. The van der Waals surface area contributed by atoms with E-state index in [-0.39, 0.29) is 17.7 Å². The summed E-state index contributed by atoms with van der Waals surface area (Å²) in [6.45, 7) is 7.95. The van der Waals surface area contributed by atoms with Crippen LogP contribution >= 0.6 is 0 Å². The Morgan fingerprint density at radius 3 is 2.45 bits per heavy atom. The van der Waals surface area contributed by atoms with Crippen LogP contribution in [0.15, 0.2) is 77.2 Å². The number of nitrogens with one attached hydrogen (secondary N) is 2. The number of amides is 1. The quantitative estimate of drug-likeness (QED) is 0.408. The fourth-order valence-electron chi connectivity index (χ4n) is 2.64. The molecule has 1 atom stereocenters. The molecule has 0 aliphatic carbocycles. The molecule has 1 unspecified atom stereocenters. The van der Waals surface area contributed by atoms with Crippen LogP contribution in [0.4, 0.5) is 18.9 Å². The average Bonchev–Trinajstić information content (AvgIpc) is 3.41. The van der Waals surface area contributed by atoms with Crippen molar-refractivity contribution in [2.24, 2.45) is 10.9 Å². The third-order valence-corrected chi connectivity index (χ3v) is 4.19. The number of halogens is 3. The van der Waals surface area contributed by atoms with E-state index in [4.69, 9.17) is 4.42 Å². The van der Waals surface area contributed by atoms with Gasteiger partial charge in [0.05, 0.1) is 17.2 Å². The molecule has 1 aliphatic heterocycles. The van der Waals surface area contributed by atoms with Crippen molar-refractivity contribution in [3.63, 3.8) is 0 Å². The molecule has 164 valence electrons. The number of carbonyl (C=O) groups is 1. The van der Waals surface area contributed by atoms with E-state index in [1.165, 1.54) is 25.3 Å². The van der Waals surface area contributed by atoms with Crippen molar-refractivity contribution in [1.82, 2.24) is 15.5 Å². The van der Waals surface area contributed by atoms with Gasteiger partial charge in [0.25, 0.3) is 5.89 Å². The highest BCUT2D eigenvalue weighted by Gasteiger charge is 2.30. The minimum atomic E-state index is -4.38. The number of alkyl halides is 3. The summed E-state index contributed by atoms with van der Waals surface area (Å²) in [7, 11) is 1.53. The van der Waals surface area contributed by atoms with Gasteiger partial charge in [-0.05, 0) is 36.8 Å². The van der Waals surface area contributed by atoms with Gasteiger partial charge in [-0.15, -0.1) is 16.8 Å². The van der Waals surface area contributed by atoms with E-state index in [0.29, 0.717) is 17.1 Å². The maximum atomic E-state index is 12.6. The molecule has 1 aliphatic rings. The van der Waals surface area contributed by atoms with Crippen molar-refractivity contribution in [3.05, 3.63) is 79.2 Å². The van der Waals surface area contributed by atoms with Gasteiger partial charge in [-0.2, -0.15) is 13.2 Å². The first-order valence-corrected chi connectivity index (χ1v) is 9.21. The van der Waals surface area contributed by atoms with E-state index >= 15 is 0 Å². The molecule has 1 saturated heterocycles. The minimum absolute atomic E-state index is 0.0787. The Morgan fingerprint density at radius 1 is 1.32 bits per heavy atom. The molecule has 0 spiro atoms. The Hall–Kier alpha value is -3.69. The van der Waals surface area contributed by atoms with Crippen LogP contribution in [0, 0.1) is 5.92 Å². The molecule has 31 heavy (non-hydrogen) atoms. The van der Waals surface area contributed by atoms with Crippen molar-refractivity contribution in [1.29, 1.82) is 0 Å². The maximum Gasteiger partial charge on any atom is 0.416 e. The second kappa shape index (κ2) is 10.9. The molecule has 3 rings (SSSR count). The summed E-state index contributed by atoms with van der Waals surface area (Å²) in [5, 5.41) is 13.0. The molecule has 10 heteroatoms. The molecule has 2 heterocycles. The zero-order chi connectivity index (χ0) is 22.9. The molecule has 2 aromatic rings. The number of allylic oxidation sites excluding steroid dienone is 3. The van der Waals surface area contributed by atoms with Crippen molar-refractivity contribution >= 4 is 17.3 Å². The Labute approximate surface area is 177 Å². The first-order valence-electron chi connectivity index (χ1n) is 9.21. The van der Waals surface area contributed by atoms with E-state index < -0.39 is 11.7 Å². The normalized spacial score (nSPS) is 16.8. The molecule has 1 amide bonds. The smallest absolute Gasteiger partial charge is 0.416 e. The minimum Gasteiger partial charge on any atom is -0.422 e. The summed E-state index contributed by atoms with van der Waals surface area (Å²) in [6.07, 6.45) is 2.51. The first kappa shape index (κ1) is 23.6. The van der Waals surface area contributed by atoms with Gasteiger partial charge in [-0.3, -0.25) is 9.79 Å². The molecule has 2 N–H and O–H groups in total. The topological polar surface area (TPSA) is 92.4 Å². The summed E-state index contributed by atoms with van der Waals surface area (Å²) in [4.78, 5) is 14.7. The highest BCUT2D eigenvalue weighted by atomic mass is 19.4. The Kier molecular flexibility index (Phi) is 8.30. The molecule has 1 aromatic heterocycles. The number of carbonyl (C=O) groups excluding carboxylic acids is 1. The summed E-state index contributed by atoms with van der Waals surface area (Å²) >= 11 is 0.